The zero-order chi connectivity index (χ0) is 21.7. The second-order valence-electron chi connectivity index (χ2n) is 5.91. The summed E-state index contributed by atoms with van der Waals surface area (Å²) in [5.41, 5.74) is 0.426. The van der Waals surface area contributed by atoms with Crippen LogP contribution in [0.3, 0.4) is 0 Å². The molecule has 0 spiro atoms. The molecule has 3 aromatic rings. The number of esters is 1. The van der Waals surface area contributed by atoms with Crippen LogP contribution in [0.1, 0.15) is 22.1 Å². The Kier molecular flexibility index (Phi) is 7.15. The van der Waals surface area contributed by atoms with Crippen LogP contribution in [0.25, 0.3) is 0 Å². The van der Waals surface area contributed by atoms with E-state index >= 15 is 0 Å². The number of nitrogens with one attached hydrogen (secondary N) is 1. The number of amides is 1. The highest BCUT2D eigenvalue weighted by Crippen LogP contribution is 2.33. The Hall–Kier alpha value is -2.81. The average Bonchev–Trinajstić information content (AvgIpc) is 3.13. The van der Waals surface area contributed by atoms with Gasteiger partial charge in [0.2, 0.25) is 11.7 Å². The summed E-state index contributed by atoms with van der Waals surface area (Å²) in [7, 11) is 0. The van der Waals surface area contributed by atoms with Gasteiger partial charge in [-0.1, -0.05) is 40.0 Å². The molecule has 1 heterocycles. The van der Waals surface area contributed by atoms with E-state index in [1.165, 1.54) is 24.3 Å². The molecule has 0 unspecified atom stereocenters. The molecule has 0 atom stereocenters. The van der Waals surface area contributed by atoms with Crippen LogP contribution in [-0.4, -0.2) is 28.6 Å². The predicted octanol–water partition coefficient (Wildman–Crippen LogP) is 4.71. The summed E-state index contributed by atoms with van der Waals surface area (Å²) in [6.07, 6.45) is 0. The first-order valence-corrected chi connectivity index (χ1v) is 9.59. The molecule has 0 aliphatic heterocycles. The van der Waals surface area contributed by atoms with E-state index in [9.17, 15) is 9.59 Å². The van der Waals surface area contributed by atoms with Crippen LogP contribution in [0.15, 0.2) is 40.9 Å². The lowest BCUT2D eigenvalue weighted by Gasteiger charge is -2.10. The lowest BCUT2D eigenvalue weighted by atomic mass is 10.2. The monoisotopic (exact) mass is 469 g/mol. The van der Waals surface area contributed by atoms with E-state index in [1.807, 2.05) is 0 Å². The average molecular weight is 471 g/mol. The van der Waals surface area contributed by atoms with E-state index in [2.05, 4.69) is 15.5 Å². The summed E-state index contributed by atoms with van der Waals surface area (Å²) in [6.45, 7) is 1.27. The van der Waals surface area contributed by atoms with Crippen molar-refractivity contribution in [1.29, 1.82) is 0 Å². The molecular weight excluding hydrogens is 457 g/mol. The number of anilines is 1. The normalized spacial score (nSPS) is 10.5. The maximum absolute atomic E-state index is 12.1. The van der Waals surface area contributed by atoms with Gasteiger partial charge in [-0.15, -0.1) is 0 Å². The van der Waals surface area contributed by atoms with E-state index in [0.29, 0.717) is 22.5 Å². The van der Waals surface area contributed by atoms with Gasteiger partial charge in [0.1, 0.15) is 5.75 Å². The number of nitrogens with zero attached hydrogens (tertiary/aromatic N) is 2. The van der Waals surface area contributed by atoms with Gasteiger partial charge in [-0.3, -0.25) is 4.79 Å². The second kappa shape index (κ2) is 9.80. The summed E-state index contributed by atoms with van der Waals surface area (Å²) in [6, 6.07) is 9.03. The van der Waals surface area contributed by atoms with Crippen molar-refractivity contribution in [3.8, 4) is 5.75 Å². The molecule has 0 fully saturated rings. The summed E-state index contributed by atoms with van der Waals surface area (Å²) in [5, 5.41) is 6.85. The minimum atomic E-state index is -0.682. The highest BCUT2D eigenvalue weighted by Gasteiger charge is 2.14. The smallest absolute Gasteiger partial charge is 0.338 e. The summed E-state index contributed by atoms with van der Waals surface area (Å²) in [5.74, 6) is 0.0571. The van der Waals surface area contributed by atoms with E-state index < -0.39 is 18.5 Å². The molecule has 0 aliphatic carbocycles. The molecule has 0 saturated heterocycles. The second-order valence-corrected chi connectivity index (χ2v) is 7.16. The fourth-order valence-corrected chi connectivity index (χ4v) is 3.20. The first-order chi connectivity index (χ1) is 14.3. The molecule has 3 rings (SSSR count). The van der Waals surface area contributed by atoms with Crippen LogP contribution >= 0.6 is 34.8 Å². The zero-order valence-electron chi connectivity index (χ0n) is 15.4. The Morgan fingerprint density at radius 1 is 1.10 bits per heavy atom. The van der Waals surface area contributed by atoms with Crippen LogP contribution in [0.2, 0.25) is 15.1 Å². The Balaban J connectivity index is 1.50. The highest BCUT2D eigenvalue weighted by molar-refractivity contribution is 6.42. The molecule has 1 aromatic heterocycles. The van der Waals surface area contributed by atoms with Gasteiger partial charge >= 0.3 is 5.97 Å². The molecule has 156 valence electrons. The van der Waals surface area contributed by atoms with Crippen molar-refractivity contribution in [1.82, 2.24) is 10.1 Å². The van der Waals surface area contributed by atoms with Crippen molar-refractivity contribution < 1.29 is 23.6 Å². The molecule has 11 heteroatoms. The van der Waals surface area contributed by atoms with Gasteiger partial charge in [0, 0.05) is 11.9 Å². The number of hydrogen-bond donors (Lipinski definition) is 1. The lowest BCUT2D eigenvalue weighted by molar-refractivity contribution is -0.119. The molecule has 8 nitrogen and oxygen atoms in total. The Morgan fingerprint density at radius 3 is 2.37 bits per heavy atom. The fraction of sp³-hybridized carbons (Fsp3) is 0.158. The van der Waals surface area contributed by atoms with Crippen LogP contribution in [0.4, 0.5) is 5.69 Å². The van der Waals surface area contributed by atoms with Gasteiger partial charge in [0.05, 0.1) is 21.3 Å². The molecule has 1 amide bonds. The number of carbonyl (C=O) groups excluding carboxylic acids is 2. The van der Waals surface area contributed by atoms with E-state index in [4.69, 9.17) is 48.8 Å². The van der Waals surface area contributed by atoms with Crippen molar-refractivity contribution in [3.63, 3.8) is 0 Å². The van der Waals surface area contributed by atoms with Gasteiger partial charge < -0.3 is 19.3 Å². The van der Waals surface area contributed by atoms with Crippen LogP contribution in [0.5, 0.6) is 5.75 Å². The molecule has 0 bridgehead atoms. The number of carbonyl (C=O) groups is 2. The van der Waals surface area contributed by atoms with Crippen molar-refractivity contribution >= 4 is 52.4 Å². The summed E-state index contributed by atoms with van der Waals surface area (Å²) in [4.78, 5) is 28.2. The summed E-state index contributed by atoms with van der Waals surface area (Å²) >= 11 is 17.8. The van der Waals surface area contributed by atoms with Gasteiger partial charge in [-0.2, -0.15) is 4.98 Å². The van der Waals surface area contributed by atoms with Gasteiger partial charge in [-0.05, 0) is 36.4 Å². The van der Waals surface area contributed by atoms with Crippen molar-refractivity contribution in [2.75, 3.05) is 11.9 Å². The summed E-state index contributed by atoms with van der Waals surface area (Å²) < 4.78 is 15.4. The van der Waals surface area contributed by atoms with Crippen LogP contribution in [-0.2, 0) is 16.1 Å². The first-order valence-electron chi connectivity index (χ1n) is 8.45. The largest absolute Gasteiger partial charge is 0.485 e. The minimum absolute atomic E-state index is 0.122. The van der Waals surface area contributed by atoms with Gasteiger partial charge in [0.15, 0.2) is 13.2 Å². The maximum atomic E-state index is 12.1. The van der Waals surface area contributed by atoms with E-state index in [0.717, 1.165) is 0 Å². The standard InChI is InChI=1S/C19H14Cl3N3O5/c1-10-23-16(25-30-10)8-28-13-4-2-11(3-5-13)19(27)29-9-17(26)24-18-14(21)6-12(20)7-15(18)22/h2-7H,8-9H2,1H3,(H,24,26). The third kappa shape index (κ3) is 5.85. The SMILES string of the molecule is Cc1nc(COc2ccc(C(=O)OCC(=O)Nc3c(Cl)cc(Cl)cc3Cl)cc2)no1. The van der Waals surface area contributed by atoms with E-state index in [-0.39, 0.29) is 27.9 Å². The third-order valence-electron chi connectivity index (χ3n) is 3.63. The Labute approximate surface area is 186 Å². The molecule has 2 aromatic carbocycles. The van der Waals surface area contributed by atoms with Crippen LogP contribution < -0.4 is 10.1 Å². The van der Waals surface area contributed by atoms with Crippen LogP contribution in [0, 0.1) is 6.92 Å². The third-order valence-corrected chi connectivity index (χ3v) is 4.45. The lowest BCUT2D eigenvalue weighted by Crippen LogP contribution is -2.21. The maximum Gasteiger partial charge on any atom is 0.338 e. The number of hydrogen-bond acceptors (Lipinski definition) is 7. The number of ether oxygens (including phenoxy) is 2. The molecule has 30 heavy (non-hydrogen) atoms. The number of benzene rings is 2. The number of aromatic nitrogens is 2. The number of aryl methyl sites for hydroxylation is 1. The van der Waals surface area contributed by atoms with Crippen molar-refractivity contribution in [2.45, 2.75) is 13.5 Å². The van der Waals surface area contributed by atoms with Gasteiger partial charge in [0.25, 0.3) is 5.91 Å². The topological polar surface area (TPSA) is 104 Å². The molecule has 0 aliphatic rings. The Bertz CT molecular complexity index is 1050. The predicted molar refractivity (Wildman–Crippen MR) is 110 cm³/mol. The number of rotatable bonds is 7. The van der Waals surface area contributed by atoms with Gasteiger partial charge in [-0.25, -0.2) is 4.79 Å². The van der Waals surface area contributed by atoms with E-state index in [1.54, 1.807) is 19.1 Å². The first kappa shape index (κ1) is 21.9. The number of halogens is 3. The quantitative estimate of drug-likeness (QED) is 0.499. The Morgan fingerprint density at radius 2 is 1.77 bits per heavy atom. The molecular formula is C19H14Cl3N3O5. The van der Waals surface area contributed by atoms with Crippen molar-refractivity contribution in [2.24, 2.45) is 0 Å². The highest BCUT2D eigenvalue weighted by atomic mass is 35.5. The van der Waals surface area contributed by atoms with Crippen molar-refractivity contribution in [3.05, 3.63) is 68.7 Å². The molecule has 0 saturated carbocycles. The molecule has 0 radical (unpaired) electrons. The minimum Gasteiger partial charge on any atom is -0.485 e. The fourth-order valence-electron chi connectivity index (χ4n) is 2.29. The molecule has 1 N–H and O–H groups in total. The zero-order valence-corrected chi connectivity index (χ0v) is 17.7.